The summed E-state index contributed by atoms with van der Waals surface area (Å²) in [6.45, 7) is 1.79. The van der Waals surface area contributed by atoms with E-state index < -0.39 is 5.91 Å². The van der Waals surface area contributed by atoms with Gasteiger partial charge in [0, 0.05) is 43.3 Å². The van der Waals surface area contributed by atoms with E-state index in [0.717, 1.165) is 37.3 Å². The quantitative estimate of drug-likeness (QED) is 0.934. The molecule has 1 aliphatic rings. The van der Waals surface area contributed by atoms with Gasteiger partial charge in [-0.25, -0.2) is 0 Å². The Labute approximate surface area is 123 Å². The maximum atomic E-state index is 11.5. The minimum Gasteiger partial charge on any atom is -0.371 e. The minimum atomic E-state index is -0.426. The van der Waals surface area contributed by atoms with Crippen LogP contribution in [0.2, 0.25) is 0 Å². The highest BCUT2D eigenvalue weighted by atomic mass is 16.1. The Kier molecular flexibility index (Phi) is 3.81. The molecule has 108 valence electrons. The molecule has 1 saturated heterocycles. The molecular weight excluding hydrogens is 264 g/mol. The zero-order chi connectivity index (χ0) is 14.7. The summed E-state index contributed by atoms with van der Waals surface area (Å²) in [4.78, 5) is 22.1. The summed E-state index contributed by atoms with van der Waals surface area (Å²) in [5.41, 5.74) is 7.96. The Morgan fingerprint density at radius 1 is 1.19 bits per heavy atom. The van der Waals surface area contributed by atoms with Gasteiger partial charge in [-0.15, -0.1) is 0 Å². The van der Waals surface area contributed by atoms with E-state index in [4.69, 9.17) is 5.73 Å². The topological polar surface area (TPSA) is 72.1 Å². The highest BCUT2D eigenvalue weighted by Gasteiger charge is 2.23. The van der Waals surface area contributed by atoms with Crippen molar-refractivity contribution in [3.05, 3.63) is 54.1 Å². The average Bonchev–Trinajstić information content (AvgIpc) is 2.56. The highest BCUT2D eigenvalue weighted by Crippen LogP contribution is 2.30. The number of carbonyl (C=O) groups excluding carboxylic acids is 1. The van der Waals surface area contributed by atoms with E-state index in [1.165, 1.54) is 0 Å². The van der Waals surface area contributed by atoms with E-state index in [1.807, 2.05) is 24.4 Å². The first-order chi connectivity index (χ1) is 10.3. The Balaban J connectivity index is 1.73. The van der Waals surface area contributed by atoms with E-state index >= 15 is 0 Å². The number of aromatic nitrogens is 2. The van der Waals surface area contributed by atoms with Crippen molar-refractivity contribution < 1.29 is 4.79 Å². The van der Waals surface area contributed by atoms with Gasteiger partial charge >= 0.3 is 0 Å². The molecule has 1 fully saturated rings. The van der Waals surface area contributed by atoms with Gasteiger partial charge in [-0.05, 0) is 31.0 Å². The zero-order valence-electron chi connectivity index (χ0n) is 11.8. The van der Waals surface area contributed by atoms with Crippen molar-refractivity contribution in [1.29, 1.82) is 0 Å². The Morgan fingerprint density at radius 3 is 2.67 bits per heavy atom. The fraction of sp³-hybridized carbons (Fsp3) is 0.312. The molecule has 0 radical (unpaired) electrons. The minimum absolute atomic E-state index is 0.426. The van der Waals surface area contributed by atoms with Gasteiger partial charge in [0.05, 0.1) is 11.3 Å². The molecule has 0 unspecified atom stereocenters. The summed E-state index contributed by atoms with van der Waals surface area (Å²) in [7, 11) is 0. The van der Waals surface area contributed by atoms with Gasteiger partial charge in [-0.1, -0.05) is 6.07 Å². The van der Waals surface area contributed by atoms with Gasteiger partial charge < -0.3 is 10.6 Å². The molecule has 0 aromatic carbocycles. The number of carbonyl (C=O) groups is 1. The summed E-state index contributed by atoms with van der Waals surface area (Å²) < 4.78 is 0. The molecule has 2 N–H and O–H groups in total. The molecule has 0 atom stereocenters. The number of anilines is 1. The number of nitrogens with two attached hydrogens (primary N) is 1. The van der Waals surface area contributed by atoms with Crippen LogP contribution >= 0.6 is 0 Å². The SMILES string of the molecule is NC(=O)c1cnccc1N1CCC(c2ccccn2)CC1. The van der Waals surface area contributed by atoms with Crippen LogP contribution in [0.3, 0.4) is 0 Å². The van der Waals surface area contributed by atoms with Gasteiger partial charge in [0.2, 0.25) is 0 Å². The van der Waals surface area contributed by atoms with Crippen molar-refractivity contribution in [3.8, 4) is 0 Å². The fourth-order valence-electron chi connectivity index (χ4n) is 2.89. The van der Waals surface area contributed by atoms with Crippen LogP contribution < -0.4 is 10.6 Å². The maximum Gasteiger partial charge on any atom is 0.252 e. The molecule has 0 spiro atoms. The normalized spacial score (nSPS) is 15.9. The summed E-state index contributed by atoms with van der Waals surface area (Å²) >= 11 is 0. The van der Waals surface area contributed by atoms with E-state index in [1.54, 1.807) is 12.4 Å². The first-order valence-electron chi connectivity index (χ1n) is 7.15. The lowest BCUT2D eigenvalue weighted by Gasteiger charge is -2.34. The first-order valence-corrected chi connectivity index (χ1v) is 7.15. The second-order valence-corrected chi connectivity index (χ2v) is 5.27. The highest BCUT2D eigenvalue weighted by molar-refractivity contribution is 5.98. The van der Waals surface area contributed by atoms with Crippen LogP contribution in [0.4, 0.5) is 5.69 Å². The second-order valence-electron chi connectivity index (χ2n) is 5.27. The number of nitrogens with zero attached hydrogens (tertiary/aromatic N) is 3. The van der Waals surface area contributed by atoms with Gasteiger partial charge in [-0.3, -0.25) is 14.8 Å². The molecule has 0 bridgehead atoms. The van der Waals surface area contributed by atoms with Gasteiger partial charge in [0.15, 0.2) is 0 Å². The van der Waals surface area contributed by atoms with Crippen LogP contribution in [0.15, 0.2) is 42.9 Å². The van der Waals surface area contributed by atoms with E-state index in [9.17, 15) is 4.79 Å². The smallest absolute Gasteiger partial charge is 0.252 e. The zero-order valence-corrected chi connectivity index (χ0v) is 11.8. The lowest BCUT2D eigenvalue weighted by Crippen LogP contribution is -2.34. The van der Waals surface area contributed by atoms with Crippen molar-refractivity contribution in [2.24, 2.45) is 5.73 Å². The Morgan fingerprint density at radius 2 is 2.00 bits per heavy atom. The van der Waals surface area contributed by atoms with E-state index in [-0.39, 0.29) is 0 Å². The number of primary amides is 1. The lowest BCUT2D eigenvalue weighted by molar-refractivity contribution is 0.100. The van der Waals surface area contributed by atoms with Gasteiger partial charge in [-0.2, -0.15) is 0 Å². The Hall–Kier alpha value is -2.43. The molecule has 1 aliphatic heterocycles. The summed E-state index contributed by atoms with van der Waals surface area (Å²) in [5, 5.41) is 0. The molecule has 21 heavy (non-hydrogen) atoms. The maximum absolute atomic E-state index is 11.5. The molecule has 5 nitrogen and oxygen atoms in total. The second kappa shape index (κ2) is 5.91. The molecule has 3 heterocycles. The lowest BCUT2D eigenvalue weighted by atomic mass is 9.92. The van der Waals surface area contributed by atoms with Gasteiger partial charge in [0.25, 0.3) is 5.91 Å². The van der Waals surface area contributed by atoms with Crippen LogP contribution in [-0.2, 0) is 0 Å². The summed E-state index contributed by atoms with van der Waals surface area (Å²) in [6, 6.07) is 7.92. The van der Waals surface area contributed by atoms with Crippen LogP contribution in [0.5, 0.6) is 0 Å². The van der Waals surface area contributed by atoms with Crippen molar-refractivity contribution in [1.82, 2.24) is 9.97 Å². The van der Waals surface area contributed by atoms with Crippen LogP contribution in [0.1, 0.15) is 34.8 Å². The third-order valence-corrected chi connectivity index (χ3v) is 4.01. The summed E-state index contributed by atoms with van der Waals surface area (Å²) in [6.07, 6.45) is 7.14. The molecule has 0 saturated carbocycles. The largest absolute Gasteiger partial charge is 0.371 e. The molecule has 3 rings (SSSR count). The van der Waals surface area contributed by atoms with Gasteiger partial charge in [0.1, 0.15) is 0 Å². The number of pyridine rings is 2. The van der Waals surface area contributed by atoms with E-state index in [0.29, 0.717) is 11.5 Å². The van der Waals surface area contributed by atoms with Crippen LogP contribution in [0.25, 0.3) is 0 Å². The predicted molar refractivity (Wildman–Crippen MR) is 81.2 cm³/mol. The molecular formula is C16H18N4O. The number of hydrogen-bond acceptors (Lipinski definition) is 4. The van der Waals surface area contributed by atoms with E-state index in [2.05, 4.69) is 20.9 Å². The van der Waals surface area contributed by atoms with Crippen LogP contribution in [0, 0.1) is 0 Å². The first kappa shape index (κ1) is 13.5. The molecule has 2 aromatic heterocycles. The molecule has 2 aromatic rings. The standard InChI is InChI=1S/C16H18N4O/c17-16(21)13-11-18-8-4-15(13)20-9-5-12(6-10-20)14-3-1-2-7-19-14/h1-4,7-8,11-12H,5-6,9-10H2,(H2,17,21). The monoisotopic (exact) mass is 282 g/mol. The van der Waals surface area contributed by atoms with Crippen LogP contribution in [-0.4, -0.2) is 29.0 Å². The average molecular weight is 282 g/mol. The number of piperidine rings is 1. The fourth-order valence-corrected chi connectivity index (χ4v) is 2.89. The third kappa shape index (κ3) is 2.86. The third-order valence-electron chi connectivity index (χ3n) is 4.01. The summed E-state index contributed by atoms with van der Waals surface area (Å²) in [5.74, 6) is 0.0614. The number of rotatable bonds is 3. The molecule has 1 amide bonds. The van der Waals surface area contributed by atoms with Crippen molar-refractivity contribution in [3.63, 3.8) is 0 Å². The number of amides is 1. The van der Waals surface area contributed by atoms with Crippen molar-refractivity contribution in [2.75, 3.05) is 18.0 Å². The Bertz CT molecular complexity index is 621. The number of hydrogen-bond donors (Lipinski definition) is 1. The molecule has 5 heteroatoms. The van der Waals surface area contributed by atoms with Crippen molar-refractivity contribution >= 4 is 11.6 Å². The van der Waals surface area contributed by atoms with Crippen molar-refractivity contribution in [2.45, 2.75) is 18.8 Å². The predicted octanol–water partition coefficient (Wildman–Crippen LogP) is 1.96. The molecule has 0 aliphatic carbocycles.